The normalized spacial score (nSPS) is 20.1. The molecule has 0 radical (unpaired) electrons. The molecule has 1 aromatic carbocycles. The van der Waals surface area contributed by atoms with Crippen molar-refractivity contribution >= 4 is 15.9 Å². The molecular formula is C9H7BrF2O2. The van der Waals surface area contributed by atoms with Crippen LogP contribution in [0.3, 0.4) is 0 Å². The van der Waals surface area contributed by atoms with Gasteiger partial charge in [0, 0.05) is 16.5 Å². The molecule has 1 atom stereocenters. The van der Waals surface area contributed by atoms with Crippen LogP contribution in [0.4, 0.5) is 8.78 Å². The fourth-order valence-electron chi connectivity index (χ4n) is 1.46. The largest absolute Gasteiger partial charge is 0.490 e. The summed E-state index contributed by atoms with van der Waals surface area (Å²) < 4.78 is 31.4. The van der Waals surface area contributed by atoms with E-state index in [1.807, 2.05) is 0 Å². The van der Waals surface area contributed by atoms with E-state index in [1.54, 1.807) is 0 Å². The quantitative estimate of drug-likeness (QED) is 0.730. The molecule has 5 heteroatoms. The number of hydrogen-bond acceptors (Lipinski definition) is 2. The molecule has 0 saturated carbocycles. The van der Waals surface area contributed by atoms with Crippen molar-refractivity contribution in [3.63, 3.8) is 0 Å². The zero-order chi connectivity index (χ0) is 10.3. The van der Waals surface area contributed by atoms with E-state index in [0.717, 1.165) is 6.07 Å². The van der Waals surface area contributed by atoms with E-state index in [2.05, 4.69) is 15.9 Å². The van der Waals surface area contributed by atoms with Crippen LogP contribution in [0.5, 0.6) is 5.75 Å². The van der Waals surface area contributed by atoms with Crippen LogP contribution in [-0.2, 0) is 0 Å². The Bertz CT molecular complexity index is 382. The van der Waals surface area contributed by atoms with Crippen molar-refractivity contribution in [1.82, 2.24) is 0 Å². The Hall–Kier alpha value is -0.680. The number of ether oxygens (including phenoxy) is 1. The molecule has 1 N–H and O–H groups in total. The number of fused-ring (bicyclic) bond motifs is 1. The standard InChI is InChI=1S/C9H7BrF2O2/c10-4-3-5(11)8(12)9-7(4)6(13)1-2-14-9/h3,6,13H,1-2H2. The van der Waals surface area contributed by atoms with Gasteiger partial charge in [-0.3, -0.25) is 0 Å². The zero-order valence-corrected chi connectivity index (χ0v) is 8.64. The van der Waals surface area contributed by atoms with Crippen LogP contribution >= 0.6 is 15.9 Å². The molecule has 2 rings (SSSR count). The molecule has 1 aromatic rings. The fraction of sp³-hybridized carbons (Fsp3) is 0.333. The molecule has 0 aliphatic carbocycles. The summed E-state index contributed by atoms with van der Waals surface area (Å²) in [6, 6.07) is 0.992. The van der Waals surface area contributed by atoms with Crippen LogP contribution < -0.4 is 4.74 Å². The Kier molecular flexibility index (Phi) is 2.45. The smallest absolute Gasteiger partial charge is 0.201 e. The third kappa shape index (κ3) is 1.40. The summed E-state index contributed by atoms with van der Waals surface area (Å²) in [4.78, 5) is 0. The van der Waals surface area contributed by atoms with Gasteiger partial charge in [-0.2, -0.15) is 4.39 Å². The van der Waals surface area contributed by atoms with Crippen molar-refractivity contribution in [2.75, 3.05) is 6.61 Å². The van der Waals surface area contributed by atoms with Gasteiger partial charge in [-0.05, 0) is 6.07 Å². The first-order chi connectivity index (χ1) is 6.61. The van der Waals surface area contributed by atoms with E-state index in [4.69, 9.17) is 4.74 Å². The van der Waals surface area contributed by atoms with Crippen LogP contribution in [0.2, 0.25) is 0 Å². The van der Waals surface area contributed by atoms with Crippen molar-refractivity contribution in [3.8, 4) is 5.75 Å². The molecule has 14 heavy (non-hydrogen) atoms. The summed E-state index contributed by atoms with van der Waals surface area (Å²) in [6.45, 7) is 0.195. The molecule has 1 aliphatic heterocycles. The summed E-state index contributed by atoms with van der Waals surface area (Å²) in [5, 5.41) is 9.56. The first-order valence-corrected chi connectivity index (χ1v) is 4.89. The topological polar surface area (TPSA) is 29.5 Å². The van der Waals surface area contributed by atoms with Crippen molar-refractivity contribution < 1.29 is 18.6 Å². The molecule has 0 amide bonds. The molecule has 0 bridgehead atoms. The lowest BCUT2D eigenvalue weighted by molar-refractivity contribution is 0.110. The third-order valence-electron chi connectivity index (χ3n) is 2.14. The Labute approximate surface area is 87.6 Å². The second-order valence-electron chi connectivity index (χ2n) is 3.05. The number of halogens is 3. The van der Waals surface area contributed by atoms with Gasteiger partial charge in [0.25, 0.3) is 0 Å². The summed E-state index contributed by atoms with van der Waals surface area (Å²) in [5.41, 5.74) is 0.287. The molecular weight excluding hydrogens is 258 g/mol. The molecule has 2 nitrogen and oxygen atoms in total. The minimum atomic E-state index is -1.04. The van der Waals surface area contributed by atoms with Crippen molar-refractivity contribution in [2.45, 2.75) is 12.5 Å². The first kappa shape index (κ1) is 9.86. The SMILES string of the molecule is OC1CCOc2c(F)c(F)cc(Br)c21. The molecule has 76 valence electrons. The van der Waals surface area contributed by atoms with Gasteiger partial charge in [0.1, 0.15) is 0 Å². The maximum Gasteiger partial charge on any atom is 0.201 e. The zero-order valence-electron chi connectivity index (χ0n) is 7.06. The Morgan fingerprint density at radius 2 is 2.21 bits per heavy atom. The van der Waals surface area contributed by atoms with Crippen LogP contribution in [0.25, 0.3) is 0 Å². The lowest BCUT2D eigenvalue weighted by Gasteiger charge is -2.23. The van der Waals surface area contributed by atoms with Gasteiger partial charge in [0.05, 0.1) is 12.7 Å². The summed E-state index contributed by atoms with van der Waals surface area (Å²) in [6.07, 6.45) is -0.417. The Morgan fingerprint density at radius 3 is 2.93 bits per heavy atom. The van der Waals surface area contributed by atoms with Crippen LogP contribution in [-0.4, -0.2) is 11.7 Å². The molecule has 0 fully saturated rings. The summed E-state index contributed by atoms with van der Waals surface area (Å²) in [5.74, 6) is -2.21. The van der Waals surface area contributed by atoms with E-state index >= 15 is 0 Å². The van der Waals surface area contributed by atoms with E-state index in [1.165, 1.54) is 0 Å². The lowest BCUT2D eigenvalue weighted by atomic mass is 10.0. The van der Waals surface area contributed by atoms with Crippen LogP contribution in [0.1, 0.15) is 18.1 Å². The minimum Gasteiger partial charge on any atom is -0.490 e. The van der Waals surface area contributed by atoms with Crippen molar-refractivity contribution in [2.24, 2.45) is 0 Å². The number of rotatable bonds is 0. The van der Waals surface area contributed by atoms with Gasteiger partial charge in [-0.1, -0.05) is 15.9 Å². The van der Waals surface area contributed by atoms with E-state index in [0.29, 0.717) is 10.9 Å². The fourth-order valence-corrected chi connectivity index (χ4v) is 2.10. The number of aliphatic hydroxyl groups excluding tert-OH is 1. The van der Waals surface area contributed by atoms with Crippen LogP contribution in [0.15, 0.2) is 10.5 Å². The number of aliphatic hydroxyl groups is 1. The highest BCUT2D eigenvalue weighted by Gasteiger charge is 2.27. The second kappa shape index (κ2) is 3.47. The van der Waals surface area contributed by atoms with Gasteiger partial charge in [0.2, 0.25) is 5.82 Å². The predicted molar refractivity (Wildman–Crippen MR) is 49.1 cm³/mol. The maximum atomic E-state index is 13.2. The highest BCUT2D eigenvalue weighted by molar-refractivity contribution is 9.10. The molecule has 1 unspecified atom stereocenters. The summed E-state index contributed by atoms with van der Waals surface area (Å²) >= 11 is 3.06. The monoisotopic (exact) mass is 264 g/mol. The highest BCUT2D eigenvalue weighted by Crippen LogP contribution is 2.40. The average Bonchev–Trinajstić information content (AvgIpc) is 2.14. The highest BCUT2D eigenvalue weighted by atomic mass is 79.9. The number of hydrogen-bond donors (Lipinski definition) is 1. The Morgan fingerprint density at radius 1 is 1.50 bits per heavy atom. The summed E-state index contributed by atoms with van der Waals surface area (Å²) in [7, 11) is 0. The van der Waals surface area contributed by atoms with Gasteiger partial charge < -0.3 is 9.84 Å². The van der Waals surface area contributed by atoms with Crippen molar-refractivity contribution in [1.29, 1.82) is 0 Å². The lowest BCUT2D eigenvalue weighted by Crippen LogP contribution is -2.16. The molecule has 0 saturated heterocycles. The third-order valence-corrected chi connectivity index (χ3v) is 2.79. The van der Waals surface area contributed by atoms with Gasteiger partial charge >= 0.3 is 0 Å². The van der Waals surface area contributed by atoms with E-state index in [-0.39, 0.29) is 17.9 Å². The Balaban J connectivity index is 2.66. The van der Waals surface area contributed by atoms with Gasteiger partial charge in [-0.25, -0.2) is 4.39 Å². The average molecular weight is 265 g/mol. The second-order valence-corrected chi connectivity index (χ2v) is 3.90. The first-order valence-electron chi connectivity index (χ1n) is 4.09. The maximum absolute atomic E-state index is 13.2. The minimum absolute atomic E-state index is 0.185. The van der Waals surface area contributed by atoms with E-state index in [9.17, 15) is 13.9 Å². The molecule has 1 heterocycles. The number of benzene rings is 1. The van der Waals surface area contributed by atoms with Gasteiger partial charge in [0.15, 0.2) is 11.6 Å². The molecule has 0 aromatic heterocycles. The predicted octanol–water partition coefficient (Wildman–Crippen LogP) is 2.54. The molecule has 0 spiro atoms. The van der Waals surface area contributed by atoms with Gasteiger partial charge in [-0.15, -0.1) is 0 Å². The van der Waals surface area contributed by atoms with E-state index < -0.39 is 17.7 Å². The molecule has 1 aliphatic rings. The van der Waals surface area contributed by atoms with Crippen molar-refractivity contribution in [3.05, 3.63) is 27.7 Å². The van der Waals surface area contributed by atoms with Crippen LogP contribution in [0, 0.1) is 11.6 Å².